The number of hydrogen-bond acceptors (Lipinski definition) is 4. The lowest BCUT2D eigenvalue weighted by molar-refractivity contribution is 0.102. The predicted octanol–water partition coefficient (Wildman–Crippen LogP) is 4.51. The molecule has 6 nitrogen and oxygen atoms in total. The van der Waals surface area contributed by atoms with Crippen molar-refractivity contribution >= 4 is 34.9 Å². The van der Waals surface area contributed by atoms with Crippen LogP contribution in [0.4, 0.5) is 5.82 Å². The summed E-state index contributed by atoms with van der Waals surface area (Å²) in [7, 11) is 3.00. The first-order valence-corrected chi connectivity index (χ1v) is 8.77. The summed E-state index contributed by atoms with van der Waals surface area (Å²) in [4.78, 5) is 12.7. The van der Waals surface area contributed by atoms with E-state index in [-0.39, 0.29) is 5.91 Å². The molecule has 0 radical (unpaired) electrons. The topological polar surface area (TPSA) is 65.4 Å². The minimum atomic E-state index is -0.371. The zero-order valence-corrected chi connectivity index (χ0v) is 16.2. The van der Waals surface area contributed by atoms with Crippen LogP contribution in [-0.4, -0.2) is 29.9 Å². The normalized spacial score (nSPS) is 10.5. The Morgan fingerprint density at radius 2 is 1.78 bits per heavy atom. The first kappa shape index (κ1) is 19.1. The maximum Gasteiger partial charge on any atom is 0.264 e. The molecule has 8 heteroatoms. The zero-order valence-electron chi connectivity index (χ0n) is 14.7. The summed E-state index contributed by atoms with van der Waals surface area (Å²) in [6.45, 7) is 0.491. The van der Waals surface area contributed by atoms with E-state index in [2.05, 4.69) is 10.4 Å². The molecule has 1 N–H and O–H groups in total. The molecule has 1 aromatic heterocycles. The van der Waals surface area contributed by atoms with Crippen molar-refractivity contribution in [3.05, 3.63) is 69.8 Å². The molecule has 1 heterocycles. The van der Waals surface area contributed by atoms with Crippen LogP contribution in [0.3, 0.4) is 0 Å². The third kappa shape index (κ3) is 4.35. The Bertz CT molecular complexity index is 950. The average molecular weight is 406 g/mol. The third-order valence-corrected chi connectivity index (χ3v) is 4.60. The van der Waals surface area contributed by atoms with Crippen LogP contribution in [-0.2, 0) is 6.54 Å². The fraction of sp³-hybridized carbons (Fsp3) is 0.158. The van der Waals surface area contributed by atoms with E-state index in [1.165, 1.54) is 14.2 Å². The Hall–Kier alpha value is -2.70. The second kappa shape index (κ2) is 8.33. The van der Waals surface area contributed by atoms with Crippen LogP contribution in [0.5, 0.6) is 11.5 Å². The molecule has 0 aliphatic rings. The predicted molar refractivity (Wildman–Crippen MR) is 105 cm³/mol. The number of nitrogens with one attached hydrogen (secondary N) is 1. The molecule has 0 atom stereocenters. The zero-order chi connectivity index (χ0) is 19.4. The fourth-order valence-corrected chi connectivity index (χ4v) is 2.92. The second-order valence-electron chi connectivity index (χ2n) is 5.64. The first-order chi connectivity index (χ1) is 13.0. The number of nitrogens with zero attached hydrogens (tertiary/aromatic N) is 2. The molecule has 27 heavy (non-hydrogen) atoms. The summed E-state index contributed by atoms with van der Waals surface area (Å²) in [5.41, 5.74) is 1.25. The van der Waals surface area contributed by atoms with Gasteiger partial charge in [-0.15, -0.1) is 0 Å². The van der Waals surface area contributed by atoms with Crippen molar-refractivity contribution in [3.63, 3.8) is 0 Å². The summed E-state index contributed by atoms with van der Waals surface area (Å²) in [6.07, 6.45) is 1.76. The molecule has 0 unspecified atom stereocenters. The largest absolute Gasteiger partial charge is 0.496 e. The van der Waals surface area contributed by atoms with Gasteiger partial charge >= 0.3 is 0 Å². The molecule has 0 saturated heterocycles. The number of methoxy groups -OCH3 is 2. The van der Waals surface area contributed by atoms with E-state index in [1.807, 2.05) is 6.07 Å². The number of rotatable bonds is 6. The molecule has 0 aliphatic carbocycles. The van der Waals surface area contributed by atoms with Gasteiger partial charge < -0.3 is 14.8 Å². The van der Waals surface area contributed by atoms with E-state index in [9.17, 15) is 4.79 Å². The van der Waals surface area contributed by atoms with E-state index in [0.29, 0.717) is 39.5 Å². The lowest BCUT2D eigenvalue weighted by atomic mass is 10.1. The number of carbonyl (C=O) groups is 1. The molecule has 3 rings (SSSR count). The Balaban J connectivity index is 1.76. The molecule has 0 spiro atoms. The van der Waals surface area contributed by atoms with Gasteiger partial charge in [-0.05, 0) is 29.8 Å². The Labute approximate surface area is 166 Å². The van der Waals surface area contributed by atoms with Crippen LogP contribution in [0, 0.1) is 0 Å². The number of aromatic nitrogens is 2. The summed E-state index contributed by atoms with van der Waals surface area (Å²) < 4.78 is 12.2. The van der Waals surface area contributed by atoms with E-state index >= 15 is 0 Å². The van der Waals surface area contributed by atoms with E-state index in [4.69, 9.17) is 32.7 Å². The van der Waals surface area contributed by atoms with Gasteiger partial charge in [0.05, 0.1) is 30.8 Å². The quantitative estimate of drug-likeness (QED) is 0.655. The maximum atomic E-state index is 12.7. The molecular weight excluding hydrogens is 389 g/mol. The SMILES string of the molecule is COc1cccc(OC)c1C(=O)Nc1ccn(Cc2ccc(Cl)c(Cl)c2)n1. The molecule has 0 aliphatic heterocycles. The van der Waals surface area contributed by atoms with E-state index in [1.54, 1.807) is 47.3 Å². The van der Waals surface area contributed by atoms with Gasteiger partial charge in [0, 0.05) is 12.3 Å². The van der Waals surface area contributed by atoms with Crippen molar-refractivity contribution in [1.82, 2.24) is 9.78 Å². The highest BCUT2D eigenvalue weighted by Crippen LogP contribution is 2.29. The molecule has 1 amide bonds. The Morgan fingerprint density at radius 1 is 1.07 bits per heavy atom. The number of anilines is 1. The van der Waals surface area contributed by atoms with Gasteiger partial charge in [0.1, 0.15) is 17.1 Å². The van der Waals surface area contributed by atoms with Gasteiger partial charge in [-0.25, -0.2) is 0 Å². The minimum Gasteiger partial charge on any atom is -0.496 e. The third-order valence-electron chi connectivity index (χ3n) is 3.87. The van der Waals surface area contributed by atoms with Crippen molar-refractivity contribution in [2.45, 2.75) is 6.54 Å². The molecule has 0 bridgehead atoms. The van der Waals surface area contributed by atoms with Gasteiger partial charge in [-0.2, -0.15) is 5.10 Å². The summed E-state index contributed by atoms with van der Waals surface area (Å²) in [5, 5.41) is 8.10. The number of halogens is 2. The fourth-order valence-electron chi connectivity index (χ4n) is 2.60. The van der Waals surface area contributed by atoms with E-state index < -0.39 is 0 Å². The first-order valence-electron chi connectivity index (χ1n) is 8.01. The minimum absolute atomic E-state index is 0.307. The Morgan fingerprint density at radius 3 is 2.41 bits per heavy atom. The number of benzene rings is 2. The maximum absolute atomic E-state index is 12.7. The van der Waals surface area contributed by atoms with Crippen LogP contribution in [0.15, 0.2) is 48.7 Å². The average Bonchev–Trinajstić information content (AvgIpc) is 3.10. The highest BCUT2D eigenvalue weighted by Gasteiger charge is 2.19. The molecule has 3 aromatic rings. The summed E-state index contributed by atoms with van der Waals surface area (Å²) >= 11 is 12.0. The molecular formula is C19H17Cl2N3O3. The van der Waals surface area contributed by atoms with Gasteiger partial charge in [0.15, 0.2) is 5.82 Å². The van der Waals surface area contributed by atoms with Crippen LogP contribution in [0.2, 0.25) is 10.0 Å². The lowest BCUT2D eigenvalue weighted by Crippen LogP contribution is -2.15. The standard InChI is InChI=1S/C19H17Cl2N3O3/c1-26-15-4-3-5-16(27-2)18(15)19(25)22-17-8-9-24(23-17)11-12-6-7-13(20)14(21)10-12/h3-10H,11H2,1-2H3,(H,22,23,25). The monoisotopic (exact) mass is 405 g/mol. The number of carbonyl (C=O) groups excluding carboxylic acids is 1. The molecule has 0 saturated carbocycles. The van der Waals surface area contributed by atoms with Gasteiger partial charge in [-0.3, -0.25) is 9.48 Å². The summed E-state index contributed by atoms with van der Waals surface area (Å²) in [6, 6.07) is 12.2. The van der Waals surface area contributed by atoms with Crippen molar-refractivity contribution in [3.8, 4) is 11.5 Å². The number of amides is 1. The van der Waals surface area contributed by atoms with Crippen LogP contribution in [0.25, 0.3) is 0 Å². The second-order valence-corrected chi connectivity index (χ2v) is 6.45. The molecule has 140 valence electrons. The number of hydrogen-bond donors (Lipinski definition) is 1. The van der Waals surface area contributed by atoms with Crippen molar-refractivity contribution in [2.75, 3.05) is 19.5 Å². The highest BCUT2D eigenvalue weighted by molar-refractivity contribution is 6.42. The van der Waals surface area contributed by atoms with Crippen molar-refractivity contribution in [1.29, 1.82) is 0 Å². The van der Waals surface area contributed by atoms with Crippen LogP contribution in [0.1, 0.15) is 15.9 Å². The molecule has 0 fully saturated rings. The lowest BCUT2D eigenvalue weighted by Gasteiger charge is -2.12. The summed E-state index contributed by atoms with van der Waals surface area (Å²) in [5.74, 6) is 0.876. The van der Waals surface area contributed by atoms with Crippen LogP contribution >= 0.6 is 23.2 Å². The van der Waals surface area contributed by atoms with Crippen molar-refractivity contribution < 1.29 is 14.3 Å². The number of ether oxygens (including phenoxy) is 2. The molecule has 2 aromatic carbocycles. The van der Waals surface area contributed by atoms with Crippen LogP contribution < -0.4 is 14.8 Å². The van der Waals surface area contributed by atoms with Gasteiger partial charge in [0.25, 0.3) is 5.91 Å². The van der Waals surface area contributed by atoms with Crippen molar-refractivity contribution in [2.24, 2.45) is 0 Å². The smallest absolute Gasteiger partial charge is 0.264 e. The van der Waals surface area contributed by atoms with Gasteiger partial charge in [-0.1, -0.05) is 35.3 Å². The van der Waals surface area contributed by atoms with Gasteiger partial charge in [0.2, 0.25) is 0 Å². The highest BCUT2D eigenvalue weighted by atomic mass is 35.5. The van der Waals surface area contributed by atoms with E-state index in [0.717, 1.165) is 5.56 Å². The Kier molecular flexibility index (Phi) is 5.88.